The molecule has 0 fully saturated rings. The smallest absolute Gasteiger partial charge is 0.289 e. The van der Waals surface area contributed by atoms with E-state index in [1.54, 1.807) is 0 Å². The minimum absolute atomic E-state index is 0.301. The van der Waals surface area contributed by atoms with Crippen molar-refractivity contribution in [3.8, 4) is 0 Å². The number of rotatable bonds is 6. The monoisotopic (exact) mass is 295 g/mol. The van der Waals surface area contributed by atoms with Gasteiger partial charge in [0.1, 0.15) is 12.7 Å². The largest absolute Gasteiger partial charge is 0.314 e. The third-order valence-corrected chi connectivity index (χ3v) is 4.43. The normalized spacial score (nSPS) is 11.2. The van der Waals surface area contributed by atoms with Crippen LogP contribution >= 0.6 is 18.9 Å². The van der Waals surface area contributed by atoms with E-state index in [-0.39, 0.29) is 0 Å². The van der Waals surface area contributed by atoms with Gasteiger partial charge in [0.25, 0.3) is 6.64 Å². The maximum atomic E-state index is 5.38. The van der Waals surface area contributed by atoms with Crippen molar-refractivity contribution in [3.05, 3.63) is 12.7 Å². The first-order valence-corrected chi connectivity index (χ1v) is 7.97. The second-order valence-corrected chi connectivity index (χ2v) is 6.34. The average Bonchev–Trinajstić information content (AvgIpc) is 2.70. The van der Waals surface area contributed by atoms with E-state index >= 15 is 0 Å². The van der Waals surface area contributed by atoms with Crippen LogP contribution in [0.1, 0.15) is 13.8 Å². The third kappa shape index (κ3) is 5.05. The molecule has 0 saturated heterocycles. The van der Waals surface area contributed by atoms with Crippen LogP contribution in [0.25, 0.3) is 0 Å². The molecular weight excluding hydrogens is 281 g/mol. The summed E-state index contributed by atoms with van der Waals surface area (Å²) in [5.74, 6) is 0. The first-order valence-electron chi connectivity index (χ1n) is 4.92. The SMILES string of the molecule is CCOP(=S)(NC(=S)Nn1cnnc1)OCC. The van der Waals surface area contributed by atoms with E-state index in [2.05, 4.69) is 20.7 Å². The maximum absolute atomic E-state index is 5.38. The summed E-state index contributed by atoms with van der Waals surface area (Å²) >= 11 is 10.3. The minimum atomic E-state index is -2.57. The van der Waals surface area contributed by atoms with Gasteiger partial charge in [0.15, 0.2) is 5.11 Å². The highest BCUT2D eigenvalue weighted by Crippen LogP contribution is 2.43. The van der Waals surface area contributed by atoms with E-state index in [1.807, 2.05) is 13.8 Å². The van der Waals surface area contributed by atoms with Crippen LogP contribution in [0.4, 0.5) is 0 Å². The lowest BCUT2D eigenvalue weighted by Crippen LogP contribution is -2.32. The van der Waals surface area contributed by atoms with Crippen LogP contribution in [-0.4, -0.2) is 33.2 Å². The fourth-order valence-corrected chi connectivity index (χ4v) is 3.69. The molecule has 0 aliphatic heterocycles. The molecular formula is C7H14N5O2PS2. The van der Waals surface area contributed by atoms with Gasteiger partial charge in [-0.05, 0) is 37.9 Å². The molecule has 0 bridgehead atoms. The summed E-state index contributed by atoms with van der Waals surface area (Å²) in [6, 6.07) is 0. The molecule has 0 unspecified atom stereocenters. The van der Waals surface area contributed by atoms with Gasteiger partial charge in [0, 0.05) is 0 Å². The summed E-state index contributed by atoms with van der Waals surface area (Å²) < 4.78 is 12.3. The number of hydrogen-bond acceptors (Lipinski definition) is 6. The van der Waals surface area contributed by atoms with Gasteiger partial charge in [0.05, 0.1) is 13.2 Å². The lowest BCUT2D eigenvalue weighted by molar-refractivity contribution is 0.263. The molecule has 0 aliphatic rings. The lowest BCUT2D eigenvalue weighted by atomic mass is 10.9. The van der Waals surface area contributed by atoms with Crippen LogP contribution < -0.4 is 10.5 Å². The molecule has 1 heterocycles. The molecule has 2 N–H and O–H groups in total. The van der Waals surface area contributed by atoms with Gasteiger partial charge in [0.2, 0.25) is 0 Å². The molecule has 0 spiro atoms. The van der Waals surface area contributed by atoms with Crippen molar-refractivity contribution in [1.29, 1.82) is 0 Å². The standard InChI is InChI=1S/C7H14N5O2PS2/c1-3-13-15(17,14-4-2)11-7(16)10-12-5-8-9-6-12/h5-6H,3-4H2,1-2H3,(H2,10,11,16,17). The summed E-state index contributed by atoms with van der Waals surface area (Å²) in [5, 5.41) is 10.4. The Kier molecular flexibility index (Phi) is 5.93. The average molecular weight is 295 g/mol. The van der Waals surface area contributed by atoms with Crippen molar-refractivity contribution < 1.29 is 9.05 Å². The highest BCUT2D eigenvalue weighted by atomic mass is 32.5. The van der Waals surface area contributed by atoms with Crippen molar-refractivity contribution in [2.24, 2.45) is 0 Å². The van der Waals surface area contributed by atoms with Crippen LogP contribution in [0.15, 0.2) is 12.7 Å². The van der Waals surface area contributed by atoms with Gasteiger partial charge in [-0.2, -0.15) is 0 Å². The quantitative estimate of drug-likeness (QED) is 0.595. The van der Waals surface area contributed by atoms with Gasteiger partial charge >= 0.3 is 0 Å². The summed E-state index contributed by atoms with van der Waals surface area (Å²) in [6.45, 7) is 2.04. The fraction of sp³-hybridized carbons (Fsp3) is 0.571. The van der Waals surface area contributed by atoms with Gasteiger partial charge in [-0.1, -0.05) is 0 Å². The third-order valence-electron chi connectivity index (χ3n) is 1.49. The Morgan fingerprint density at radius 2 is 1.82 bits per heavy atom. The molecule has 0 atom stereocenters. The van der Waals surface area contributed by atoms with E-state index in [0.29, 0.717) is 18.3 Å². The van der Waals surface area contributed by atoms with Crippen LogP contribution in [0.3, 0.4) is 0 Å². The molecule has 17 heavy (non-hydrogen) atoms. The minimum Gasteiger partial charge on any atom is -0.314 e. The Morgan fingerprint density at radius 1 is 1.29 bits per heavy atom. The van der Waals surface area contributed by atoms with Crippen LogP contribution in [-0.2, 0) is 20.9 Å². The lowest BCUT2D eigenvalue weighted by Gasteiger charge is -2.23. The predicted molar refractivity (Wildman–Crippen MR) is 72.7 cm³/mol. The van der Waals surface area contributed by atoms with Crippen molar-refractivity contribution >= 4 is 35.8 Å². The highest BCUT2D eigenvalue weighted by molar-refractivity contribution is 8.09. The molecule has 0 saturated carbocycles. The van der Waals surface area contributed by atoms with Crippen molar-refractivity contribution in [2.45, 2.75) is 13.8 Å². The Labute approximate surface area is 110 Å². The van der Waals surface area contributed by atoms with Crippen LogP contribution in [0, 0.1) is 0 Å². The summed E-state index contributed by atoms with van der Waals surface area (Å²) in [6.07, 6.45) is 2.94. The number of nitrogens with zero attached hydrogens (tertiary/aromatic N) is 3. The summed E-state index contributed by atoms with van der Waals surface area (Å²) in [7, 11) is 0. The van der Waals surface area contributed by atoms with Gasteiger partial charge < -0.3 is 9.05 Å². The van der Waals surface area contributed by atoms with Gasteiger partial charge in [-0.25, -0.2) is 4.68 Å². The fourth-order valence-electron chi connectivity index (χ4n) is 0.967. The van der Waals surface area contributed by atoms with Crippen molar-refractivity contribution in [1.82, 2.24) is 20.0 Å². The molecule has 0 radical (unpaired) electrons. The second kappa shape index (κ2) is 6.97. The molecule has 7 nitrogen and oxygen atoms in total. The van der Waals surface area contributed by atoms with E-state index in [4.69, 9.17) is 33.1 Å². The highest BCUT2D eigenvalue weighted by Gasteiger charge is 2.19. The number of hydrogen-bond donors (Lipinski definition) is 2. The topological polar surface area (TPSA) is 73.2 Å². The number of aromatic nitrogens is 3. The summed E-state index contributed by atoms with van der Waals surface area (Å²) in [4.78, 5) is 0. The van der Waals surface area contributed by atoms with E-state index < -0.39 is 6.64 Å². The van der Waals surface area contributed by atoms with Crippen molar-refractivity contribution in [3.63, 3.8) is 0 Å². The molecule has 0 aromatic carbocycles. The van der Waals surface area contributed by atoms with E-state index in [1.165, 1.54) is 17.3 Å². The molecule has 0 aliphatic carbocycles. The Morgan fingerprint density at radius 3 is 2.29 bits per heavy atom. The Bertz CT molecular complexity index is 389. The molecule has 96 valence electrons. The Balaban J connectivity index is 2.55. The maximum Gasteiger partial charge on any atom is 0.289 e. The molecule has 10 heteroatoms. The zero-order valence-electron chi connectivity index (χ0n) is 9.49. The molecule has 1 rings (SSSR count). The number of nitrogens with one attached hydrogen (secondary N) is 2. The van der Waals surface area contributed by atoms with E-state index in [0.717, 1.165) is 0 Å². The number of thiocarbonyl (C=S) groups is 1. The van der Waals surface area contributed by atoms with Gasteiger partial charge in [-0.3, -0.25) is 10.5 Å². The predicted octanol–water partition coefficient (Wildman–Crippen LogP) is 0.994. The first kappa shape index (κ1) is 14.5. The first-order chi connectivity index (χ1) is 8.09. The molecule has 1 aromatic heterocycles. The van der Waals surface area contributed by atoms with Crippen LogP contribution in [0.5, 0.6) is 0 Å². The zero-order chi connectivity index (χ0) is 12.7. The summed E-state index contributed by atoms with van der Waals surface area (Å²) in [5.41, 5.74) is 2.81. The van der Waals surface area contributed by atoms with Crippen LogP contribution in [0.2, 0.25) is 0 Å². The van der Waals surface area contributed by atoms with E-state index in [9.17, 15) is 0 Å². The second-order valence-electron chi connectivity index (χ2n) is 2.75. The molecule has 0 amide bonds. The van der Waals surface area contributed by atoms with Crippen molar-refractivity contribution in [2.75, 3.05) is 18.6 Å². The van der Waals surface area contributed by atoms with Gasteiger partial charge in [-0.15, -0.1) is 10.2 Å². The molecule has 1 aromatic rings. The zero-order valence-corrected chi connectivity index (χ0v) is 12.0. The Hall–Kier alpha value is -0.600.